The molecule has 2 aromatic carbocycles. The molecule has 0 unspecified atom stereocenters. The SMILES string of the molecule is CN(CCCNC(=O)CC=Cc1ccc(-n2ccnc2)cc1)CCc1ccc2c(c1)OCCO2. The van der Waals surface area contributed by atoms with E-state index in [0.717, 1.165) is 48.7 Å². The van der Waals surface area contributed by atoms with Gasteiger partial charge in [-0.1, -0.05) is 30.4 Å². The number of fused-ring (bicyclic) bond motifs is 1. The second-order valence-electron chi connectivity index (χ2n) is 8.40. The van der Waals surface area contributed by atoms with E-state index in [1.807, 2.05) is 53.2 Å². The van der Waals surface area contributed by atoms with Crippen molar-refractivity contribution in [1.82, 2.24) is 19.8 Å². The molecule has 0 bridgehead atoms. The first-order valence-electron chi connectivity index (χ1n) is 11.8. The topological polar surface area (TPSA) is 68.6 Å². The lowest BCUT2D eigenvalue weighted by molar-refractivity contribution is -0.120. The third kappa shape index (κ3) is 6.96. The van der Waals surface area contributed by atoms with Crippen molar-refractivity contribution < 1.29 is 14.3 Å². The summed E-state index contributed by atoms with van der Waals surface area (Å²) in [5.41, 5.74) is 3.37. The molecule has 1 N–H and O–H groups in total. The zero-order valence-corrected chi connectivity index (χ0v) is 19.7. The molecule has 2 heterocycles. The highest BCUT2D eigenvalue weighted by molar-refractivity contribution is 5.78. The van der Waals surface area contributed by atoms with E-state index in [9.17, 15) is 4.79 Å². The highest BCUT2D eigenvalue weighted by Gasteiger charge is 2.11. The third-order valence-electron chi connectivity index (χ3n) is 5.74. The maximum absolute atomic E-state index is 12.1. The summed E-state index contributed by atoms with van der Waals surface area (Å²) in [4.78, 5) is 18.5. The van der Waals surface area contributed by atoms with Gasteiger partial charge in [-0.3, -0.25) is 4.79 Å². The van der Waals surface area contributed by atoms with Crippen LogP contribution in [0.4, 0.5) is 0 Å². The minimum Gasteiger partial charge on any atom is -0.486 e. The van der Waals surface area contributed by atoms with E-state index in [1.165, 1.54) is 5.56 Å². The Bertz CT molecular complexity index is 1080. The lowest BCUT2D eigenvalue weighted by atomic mass is 10.1. The van der Waals surface area contributed by atoms with E-state index in [-0.39, 0.29) is 5.91 Å². The molecule has 1 aromatic heterocycles. The Labute approximate surface area is 201 Å². The normalized spacial score (nSPS) is 12.9. The molecule has 0 saturated carbocycles. The number of imidazole rings is 1. The van der Waals surface area contributed by atoms with Crippen LogP contribution in [0, 0.1) is 0 Å². The molecule has 1 aliphatic heterocycles. The summed E-state index contributed by atoms with van der Waals surface area (Å²) in [5, 5.41) is 3.00. The van der Waals surface area contributed by atoms with Gasteiger partial charge in [-0.2, -0.15) is 0 Å². The quantitative estimate of drug-likeness (QED) is 0.442. The predicted molar refractivity (Wildman–Crippen MR) is 133 cm³/mol. The number of amides is 1. The van der Waals surface area contributed by atoms with E-state index in [4.69, 9.17) is 9.47 Å². The Kier molecular flexibility index (Phi) is 8.35. The number of hydrogen-bond acceptors (Lipinski definition) is 5. The van der Waals surface area contributed by atoms with Crippen LogP contribution in [0.2, 0.25) is 0 Å². The number of hydrogen-bond donors (Lipinski definition) is 1. The van der Waals surface area contributed by atoms with Crippen LogP contribution in [0.15, 0.2) is 67.3 Å². The van der Waals surface area contributed by atoms with Crippen molar-refractivity contribution in [1.29, 1.82) is 0 Å². The second-order valence-corrected chi connectivity index (χ2v) is 8.40. The Hall–Kier alpha value is -3.58. The maximum Gasteiger partial charge on any atom is 0.223 e. The van der Waals surface area contributed by atoms with Gasteiger partial charge >= 0.3 is 0 Å². The molecule has 4 rings (SSSR count). The molecule has 0 saturated heterocycles. The molecular weight excluding hydrogens is 428 g/mol. The molecule has 3 aromatic rings. The van der Waals surface area contributed by atoms with E-state index < -0.39 is 0 Å². The molecule has 178 valence electrons. The van der Waals surface area contributed by atoms with Crippen LogP contribution in [0.3, 0.4) is 0 Å². The molecule has 0 fully saturated rings. The fraction of sp³-hybridized carbons (Fsp3) is 0.333. The Morgan fingerprint density at radius 2 is 1.94 bits per heavy atom. The van der Waals surface area contributed by atoms with Crippen LogP contribution in [-0.4, -0.2) is 60.3 Å². The fourth-order valence-electron chi connectivity index (χ4n) is 3.80. The van der Waals surface area contributed by atoms with Crippen LogP contribution in [0.1, 0.15) is 24.0 Å². The first-order chi connectivity index (χ1) is 16.7. The van der Waals surface area contributed by atoms with Crippen LogP contribution in [0.5, 0.6) is 11.5 Å². The molecule has 1 aliphatic rings. The average molecular weight is 461 g/mol. The smallest absolute Gasteiger partial charge is 0.223 e. The molecule has 7 heteroatoms. The van der Waals surface area contributed by atoms with E-state index in [2.05, 4.69) is 34.4 Å². The van der Waals surface area contributed by atoms with Crippen LogP contribution in [-0.2, 0) is 11.2 Å². The Balaban J connectivity index is 1.09. The summed E-state index contributed by atoms with van der Waals surface area (Å²) in [6.07, 6.45) is 11.6. The summed E-state index contributed by atoms with van der Waals surface area (Å²) in [6.45, 7) is 3.79. The third-order valence-corrected chi connectivity index (χ3v) is 5.74. The summed E-state index contributed by atoms with van der Waals surface area (Å²) < 4.78 is 13.2. The first kappa shape index (κ1) is 23.6. The van der Waals surface area contributed by atoms with E-state index >= 15 is 0 Å². The minimum absolute atomic E-state index is 0.0465. The zero-order valence-electron chi connectivity index (χ0n) is 19.7. The zero-order chi connectivity index (χ0) is 23.6. The van der Waals surface area contributed by atoms with Gasteiger partial charge in [0.15, 0.2) is 11.5 Å². The van der Waals surface area contributed by atoms with Crippen LogP contribution in [0.25, 0.3) is 11.8 Å². The summed E-state index contributed by atoms with van der Waals surface area (Å²) in [6, 6.07) is 14.3. The molecule has 34 heavy (non-hydrogen) atoms. The van der Waals surface area contributed by atoms with Crippen LogP contribution >= 0.6 is 0 Å². The molecular formula is C27H32N4O3. The molecule has 7 nitrogen and oxygen atoms in total. The summed E-state index contributed by atoms with van der Waals surface area (Å²) in [7, 11) is 2.11. The number of carbonyl (C=O) groups excluding carboxylic acids is 1. The number of nitrogens with one attached hydrogen (secondary N) is 1. The van der Waals surface area contributed by atoms with E-state index in [1.54, 1.807) is 12.5 Å². The molecule has 1 amide bonds. The van der Waals surface area contributed by atoms with Crippen molar-refractivity contribution in [2.24, 2.45) is 0 Å². The van der Waals surface area contributed by atoms with Gasteiger partial charge in [0.2, 0.25) is 5.91 Å². The largest absolute Gasteiger partial charge is 0.486 e. The minimum atomic E-state index is 0.0465. The fourth-order valence-corrected chi connectivity index (χ4v) is 3.80. The van der Waals surface area contributed by atoms with Gasteiger partial charge in [-0.05, 0) is 61.8 Å². The summed E-state index contributed by atoms with van der Waals surface area (Å²) in [5.74, 6) is 1.72. The van der Waals surface area contributed by atoms with Crippen molar-refractivity contribution in [3.05, 3.63) is 78.4 Å². The van der Waals surface area contributed by atoms with Crippen molar-refractivity contribution in [2.45, 2.75) is 19.3 Å². The van der Waals surface area contributed by atoms with Gasteiger partial charge in [0.1, 0.15) is 13.2 Å². The van der Waals surface area contributed by atoms with Crippen LogP contribution < -0.4 is 14.8 Å². The van der Waals surface area contributed by atoms with Crippen molar-refractivity contribution in [3.63, 3.8) is 0 Å². The average Bonchev–Trinajstić information content (AvgIpc) is 3.41. The monoisotopic (exact) mass is 460 g/mol. The number of likely N-dealkylation sites (N-methyl/N-ethyl adjacent to an activating group) is 1. The molecule has 0 radical (unpaired) electrons. The molecule has 0 spiro atoms. The Morgan fingerprint density at radius 1 is 1.12 bits per heavy atom. The van der Waals surface area contributed by atoms with Crippen molar-refractivity contribution >= 4 is 12.0 Å². The number of carbonyl (C=O) groups is 1. The van der Waals surface area contributed by atoms with Gasteiger partial charge in [-0.25, -0.2) is 4.98 Å². The van der Waals surface area contributed by atoms with E-state index in [0.29, 0.717) is 26.2 Å². The highest BCUT2D eigenvalue weighted by atomic mass is 16.6. The van der Waals surface area contributed by atoms with Gasteiger partial charge in [0.05, 0.1) is 6.33 Å². The highest BCUT2D eigenvalue weighted by Crippen LogP contribution is 2.30. The van der Waals surface area contributed by atoms with Gasteiger partial charge in [0, 0.05) is 37.6 Å². The lowest BCUT2D eigenvalue weighted by Crippen LogP contribution is -2.28. The summed E-state index contributed by atoms with van der Waals surface area (Å²) >= 11 is 0. The van der Waals surface area contributed by atoms with Crippen molar-refractivity contribution in [2.75, 3.05) is 39.9 Å². The Morgan fingerprint density at radius 3 is 2.74 bits per heavy atom. The second kappa shape index (κ2) is 12.0. The molecule has 0 atom stereocenters. The lowest BCUT2D eigenvalue weighted by Gasteiger charge is -2.20. The standard InChI is InChI=1S/C27H32N4O3/c1-30(16-12-23-8-11-25-26(20-23)34-19-18-33-25)15-3-13-29-27(32)5-2-4-22-6-9-24(10-7-22)31-17-14-28-21-31/h2,4,6-11,14,17,20-21H,3,5,12-13,15-16,18-19H2,1H3,(H,29,32). The number of rotatable bonds is 11. The number of benzene rings is 2. The predicted octanol–water partition coefficient (Wildman–Crippen LogP) is 3.73. The van der Waals surface area contributed by atoms with Gasteiger partial charge in [0.25, 0.3) is 0 Å². The first-order valence-corrected chi connectivity index (χ1v) is 11.8. The number of aromatic nitrogens is 2. The van der Waals surface area contributed by atoms with Gasteiger partial charge in [-0.15, -0.1) is 0 Å². The number of ether oxygens (including phenoxy) is 2. The molecule has 0 aliphatic carbocycles. The number of nitrogens with zero attached hydrogens (tertiary/aromatic N) is 3. The maximum atomic E-state index is 12.1. The van der Waals surface area contributed by atoms with Crippen molar-refractivity contribution in [3.8, 4) is 17.2 Å². The van der Waals surface area contributed by atoms with Gasteiger partial charge < -0.3 is 24.3 Å².